The lowest BCUT2D eigenvalue weighted by molar-refractivity contribution is -0.180. The van der Waals surface area contributed by atoms with E-state index < -0.39 is 17.8 Å². The van der Waals surface area contributed by atoms with E-state index in [-0.39, 0.29) is 36.8 Å². The van der Waals surface area contributed by atoms with Crippen molar-refractivity contribution in [2.75, 3.05) is 18.9 Å². The largest absolute Gasteiger partial charge is 0.461 e. The molecule has 0 spiro atoms. The van der Waals surface area contributed by atoms with E-state index in [2.05, 4.69) is 27.8 Å². The Hall–Kier alpha value is -2.57. The quantitative estimate of drug-likeness (QED) is 0.149. The molecule has 0 bridgehead atoms. The normalized spacial score (nSPS) is 24.8. The number of esters is 1. The maximum absolute atomic E-state index is 13.6. The number of terminal acetylenes is 1. The van der Waals surface area contributed by atoms with Crippen LogP contribution >= 0.6 is 0 Å². The Balaban J connectivity index is 1.38. The zero-order chi connectivity index (χ0) is 27.4. The number of ether oxygens (including phenoxy) is 2. The number of nitrogens with zero attached hydrogens (tertiary/aromatic N) is 3. The van der Waals surface area contributed by atoms with E-state index in [0.29, 0.717) is 37.1 Å². The molecule has 1 fully saturated rings. The molecule has 1 aromatic rings. The number of fused-ring (bicyclic) bond motifs is 1. The average molecular weight is 531 g/mol. The van der Waals surface area contributed by atoms with Gasteiger partial charge in [-0.05, 0) is 37.5 Å². The summed E-state index contributed by atoms with van der Waals surface area (Å²) in [4.78, 5) is 24.1. The number of rotatable bonds is 14. The van der Waals surface area contributed by atoms with Gasteiger partial charge < -0.3 is 20.3 Å². The van der Waals surface area contributed by atoms with Gasteiger partial charge >= 0.3 is 12.0 Å². The van der Waals surface area contributed by atoms with Gasteiger partial charge in [0.1, 0.15) is 12.3 Å². The third-order valence-corrected chi connectivity index (χ3v) is 7.72. The Kier molecular flexibility index (Phi) is 11.9. The van der Waals surface area contributed by atoms with Gasteiger partial charge in [0.05, 0.1) is 18.4 Å². The second-order valence-electron chi connectivity index (χ2n) is 10.6. The number of hydrogen-bond acceptors (Lipinski definition) is 8. The first-order valence-electron chi connectivity index (χ1n) is 14.2. The van der Waals surface area contributed by atoms with Crippen molar-refractivity contribution in [3.05, 3.63) is 11.8 Å². The standard InChI is InChI=1S/C29H43FN4O4/c1-3-5-6-7-8-9-10-11-12-13-14-25(36)37-20-29(4-2)24(35)17-22(19-38-29)21-15-16-23-26(32-18-21)27(31)34-28(30)33-23/h2,18,21-22,24,35H,3,5-17,19-20H2,1H3,(H2,31,33,34)/t21?,22?,24-,29+/m0/s1. The molecule has 3 rings (SSSR count). The van der Waals surface area contributed by atoms with Crippen LogP contribution in [0.2, 0.25) is 0 Å². The average Bonchev–Trinajstić information content (AvgIpc) is 3.12. The molecule has 0 radical (unpaired) electrons. The van der Waals surface area contributed by atoms with E-state index in [1.165, 1.54) is 44.9 Å². The second-order valence-corrected chi connectivity index (χ2v) is 10.6. The Labute approximate surface area is 226 Å². The molecule has 3 heterocycles. The van der Waals surface area contributed by atoms with Gasteiger partial charge in [-0.2, -0.15) is 9.37 Å². The van der Waals surface area contributed by atoms with Gasteiger partial charge in [0, 0.05) is 12.6 Å². The number of aromatic nitrogens is 2. The summed E-state index contributed by atoms with van der Waals surface area (Å²) in [7, 11) is 0. The summed E-state index contributed by atoms with van der Waals surface area (Å²) >= 11 is 0. The highest BCUT2D eigenvalue weighted by Gasteiger charge is 2.45. The molecular weight excluding hydrogens is 487 g/mol. The van der Waals surface area contributed by atoms with Crippen molar-refractivity contribution in [2.45, 2.75) is 109 Å². The first kappa shape index (κ1) is 30.0. The highest BCUT2D eigenvalue weighted by molar-refractivity contribution is 5.73. The molecule has 1 aromatic heterocycles. The number of aryl methyl sites for hydroxylation is 1. The Bertz CT molecular complexity index is 982. The zero-order valence-electron chi connectivity index (χ0n) is 22.7. The number of halogens is 1. The van der Waals surface area contributed by atoms with Gasteiger partial charge in [-0.3, -0.25) is 9.79 Å². The van der Waals surface area contributed by atoms with Crippen LogP contribution in [0, 0.1) is 30.3 Å². The molecule has 0 amide bonds. The van der Waals surface area contributed by atoms with E-state index in [9.17, 15) is 14.3 Å². The molecule has 0 saturated carbocycles. The minimum Gasteiger partial charge on any atom is -0.461 e. The van der Waals surface area contributed by atoms with Crippen LogP contribution in [-0.4, -0.2) is 52.2 Å². The molecule has 210 valence electrons. The molecule has 2 aliphatic rings. The van der Waals surface area contributed by atoms with E-state index in [1.54, 1.807) is 6.21 Å². The number of hydrogen-bond donors (Lipinski definition) is 2. The summed E-state index contributed by atoms with van der Waals surface area (Å²) in [6.45, 7) is 2.33. The van der Waals surface area contributed by atoms with E-state index >= 15 is 0 Å². The number of carbonyl (C=O) groups excluding carboxylic acids is 1. The number of aliphatic hydroxyl groups excluding tert-OH is 1. The van der Waals surface area contributed by atoms with E-state index in [1.807, 2.05) is 0 Å². The highest BCUT2D eigenvalue weighted by Crippen LogP contribution is 2.36. The van der Waals surface area contributed by atoms with Crippen LogP contribution in [0.5, 0.6) is 0 Å². The van der Waals surface area contributed by atoms with Crippen molar-refractivity contribution >= 4 is 23.7 Å². The van der Waals surface area contributed by atoms with Gasteiger partial charge in [0.25, 0.3) is 0 Å². The van der Waals surface area contributed by atoms with Crippen molar-refractivity contribution in [1.82, 2.24) is 9.97 Å². The molecule has 0 aromatic carbocycles. The molecular formula is C29H43FN4O4. The maximum Gasteiger partial charge on any atom is 0.310 e. The third kappa shape index (κ3) is 8.47. The highest BCUT2D eigenvalue weighted by atomic mass is 19.1. The molecule has 2 unspecified atom stereocenters. The number of unbranched alkanes of at least 4 members (excludes halogenated alkanes) is 9. The molecule has 4 atom stereocenters. The van der Waals surface area contributed by atoms with Gasteiger partial charge in [-0.1, -0.05) is 70.6 Å². The predicted octanol–water partition coefficient (Wildman–Crippen LogP) is 5.09. The lowest BCUT2D eigenvalue weighted by Gasteiger charge is -2.41. The number of aliphatic hydroxyl groups is 1. The van der Waals surface area contributed by atoms with Crippen molar-refractivity contribution in [3.8, 4) is 12.3 Å². The lowest BCUT2D eigenvalue weighted by Crippen LogP contribution is -2.54. The summed E-state index contributed by atoms with van der Waals surface area (Å²) in [6, 6.07) is 0. The van der Waals surface area contributed by atoms with Crippen molar-refractivity contribution in [2.24, 2.45) is 16.8 Å². The first-order valence-corrected chi connectivity index (χ1v) is 14.2. The SMILES string of the molecule is C#C[C@]1(COC(=O)CCCCCCCCCCCC)OCC(C2C=Nc3c(N)nc(F)nc3CC2)C[C@@H]1O. The summed E-state index contributed by atoms with van der Waals surface area (Å²) in [5.41, 5.74) is 5.30. The summed E-state index contributed by atoms with van der Waals surface area (Å²) in [6.07, 6.45) is 19.4. The van der Waals surface area contributed by atoms with Crippen LogP contribution in [0.15, 0.2) is 4.99 Å². The predicted molar refractivity (Wildman–Crippen MR) is 145 cm³/mol. The number of aliphatic imine (C=N–C) groups is 1. The molecule has 9 heteroatoms. The van der Waals surface area contributed by atoms with Crippen LogP contribution < -0.4 is 5.73 Å². The molecule has 3 N–H and O–H groups in total. The van der Waals surface area contributed by atoms with Crippen molar-refractivity contribution in [3.63, 3.8) is 0 Å². The van der Waals surface area contributed by atoms with Crippen LogP contribution in [0.1, 0.15) is 96.1 Å². The molecule has 1 saturated heterocycles. The fourth-order valence-corrected chi connectivity index (χ4v) is 5.24. The molecule has 38 heavy (non-hydrogen) atoms. The van der Waals surface area contributed by atoms with Crippen LogP contribution in [0.25, 0.3) is 0 Å². The summed E-state index contributed by atoms with van der Waals surface area (Å²) in [5, 5.41) is 10.9. The van der Waals surface area contributed by atoms with Crippen molar-refractivity contribution < 1.29 is 23.8 Å². The monoisotopic (exact) mass is 530 g/mol. The first-order chi connectivity index (χ1) is 18.4. The zero-order valence-corrected chi connectivity index (χ0v) is 22.7. The minimum absolute atomic E-state index is 0.00954. The lowest BCUT2D eigenvalue weighted by atomic mass is 9.79. The van der Waals surface area contributed by atoms with E-state index in [0.717, 1.165) is 19.3 Å². The van der Waals surface area contributed by atoms with Crippen molar-refractivity contribution in [1.29, 1.82) is 0 Å². The molecule has 8 nitrogen and oxygen atoms in total. The third-order valence-electron chi connectivity index (χ3n) is 7.72. The number of carbonyl (C=O) groups is 1. The fraction of sp³-hybridized carbons (Fsp3) is 0.724. The summed E-state index contributed by atoms with van der Waals surface area (Å²) in [5.74, 6) is 2.11. The Morgan fingerprint density at radius 2 is 1.89 bits per heavy atom. The van der Waals surface area contributed by atoms with E-state index in [4.69, 9.17) is 21.6 Å². The Morgan fingerprint density at radius 1 is 1.21 bits per heavy atom. The van der Waals surface area contributed by atoms with Crippen LogP contribution in [0.4, 0.5) is 15.9 Å². The van der Waals surface area contributed by atoms with Gasteiger partial charge in [0.15, 0.2) is 11.4 Å². The van der Waals surface area contributed by atoms with Gasteiger partial charge in [-0.25, -0.2) is 4.98 Å². The number of nitrogens with two attached hydrogens (primary N) is 1. The second kappa shape index (κ2) is 15.1. The Morgan fingerprint density at radius 3 is 2.55 bits per heavy atom. The van der Waals surface area contributed by atoms with Crippen LogP contribution in [0.3, 0.4) is 0 Å². The van der Waals surface area contributed by atoms with Gasteiger partial charge in [-0.15, -0.1) is 6.42 Å². The fourth-order valence-electron chi connectivity index (χ4n) is 5.24. The molecule has 2 aliphatic heterocycles. The minimum atomic E-state index is -1.37. The number of nitrogen functional groups attached to an aromatic ring is 1. The van der Waals surface area contributed by atoms with Gasteiger partial charge in [0.2, 0.25) is 0 Å². The smallest absolute Gasteiger partial charge is 0.310 e. The topological polar surface area (TPSA) is 120 Å². The summed E-state index contributed by atoms with van der Waals surface area (Å²) < 4.78 is 25.0. The number of anilines is 1. The molecule has 0 aliphatic carbocycles. The maximum atomic E-state index is 13.6. The van der Waals surface area contributed by atoms with Crippen LogP contribution in [-0.2, 0) is 20.7 Å².